The Hall–Kier alpha value is -1.51. The Labute approximate surface area is 109 Å². The third-order valence-electron chi connectivity index (χ3n) is 2.90. The van der Waals surface area contributed by atoms with E-state index in [9.17, 15) is 9.90 Å². The molecule has 0 saturated carbocycles. The second-order valence-electron chi connectivity index (χ2n) is 4.59. The lowest BCUT2D eigenvalue weighted by atomic mass is 10.1. The van der Waals surface area contributed by atoms with E-state index in [2.05, 4.69) is 6.92 Å². The standard InChI is InChI=1S/C15H22O3/c1-3-4-5-6-7-8-15(17)18-13-10-9-12(2)14(16)11-13/h9-11,16H,3-8H2,1-2H3. The number of hydrogen-bond acceptors (Lipinski definition) is 3. The normalized spacial score (nSPS) is 10.3. The van der Waals surface area contributed by atoms with Crippen LogP contribution in [0.25, 0.3) is 0 Å². The molecular weight excluding hydrogens is 228 g/mol. The molecule has 0 saturated heterocycles. The van der Waals surface area contributed by atoms with E-state index in [1.54, 1.807) is 19.1 Å². The van der Waals surface area contributed by atoms with Gasteiger partial charge in [-0.15, -0.1) is 0 Å². The average Bonchev–Trinajstić information content (AvgIpc) is 2.34. The molecule has 0 aliphatic heterocycles. The van der Waals surface area contributed by atoms with E-state index >= 15 is 0 Å². The zero-order valence-electron chi connectivity index (χ0n) is 11.2. The van der Waals surface area contributed by atoms with Gasteiger partial charge < -0.3 is 9.84 Å². The summed E-state index contributed by atoms with van der Waals surface area (Å²) in [4.78, 5) is 11.5. The second kappa shape index (κ2) is 7.75. The van der Waals surface area contributed by atoms with Crippen LogP contribution in [0.4, 0.5) is 0 Å². The smallest absolute Gasteiger partial charge is 0.311 e. The third-order valence-corrected chi connectivity index (χ3v) is 2.90. The Morgan fingerprint density at radius 2 is 1.94 bits per heavy atom. The van der Waals surface area contributed by atoms with Crippen molar-refractivity contribution in [3.8, 4) is 11.5 Å². The molecule has 1 aromatic rings. The number of rotatable bonds is 7. The summed E-state index contributed by atoms with van der Waals surface area (Å²) in [6, 6.07) is 4.91. The lowest BCUT2D eigenvalue weighted by molar-refractivity contribution is -0.134. The predicted octanol–water partition coefficient (Wildman–Crippen LogP) is 3.97. The number of phenols is 1. The molecule has 0 amide bonds. The molecule has 0 fully saturated rings. The summed E-state index contributed by atoms with van der Waals surface area (Å²) in [7, 11) is 0. The van der Waals surface area contributed by atoms with Crippen molar-refractivity contribution in [3.63, 3.8) is 0 Å². The molecule has 0 unspecified atom stereocenters. The van der Waals surface area contributed by atoms with E-state index in [0.29, 0.717) is 12.2 Å². The summed E-state index contributed by atoms with van der Waals surface area (Å²) in [5, 5.41) is 9.49. The number of esters is 1. The fourth-order valence-corrected chi connectivity index (χ4v) is 1.71. The van der Waals surface area contributed by atoms with Crippen molar-refractivity contribution >= 4 is 5.97 Å². The maximum absolute atomic E-state index is 11.5. The molecule has 1 rings (SSSR count). The molecule has 0 aromatic heterocycles. The molecule has 0 radical (unpaired) electrons. The molecule has 0 aliphatic carbocycles. The maximum atomic E-state index is 11.5. The molecule has 1 aromatic carbocycles. The Morgan fingerprint density at radius 1 is 1.22 bits per heavy atom. The van der Waals surface area contributed by atoms with Gasteiger partial charge in [0.1, 0.15) is 11.5 Å². The van der Waals surface area contributed by atoms with Crippen LogP contribution in [0.15, 0.2) is 18.2 Å². The Bertz CT molecular complexity index is 385. The number of phenolic OH excluding ortho intramolecular Hbond substituents is 1. The Kier molecular flexibility index (Phi) is 6.26. The van der Waals surface area contributed by atoms with Crippen LogP contribution in [0.1, 0.15) is 51.0 Å². The number of ether oxygens (including phenoxy) is 1. The van der Waals surface area contributed by atoms with Gasteiger partial charge >= 0.3 is 5.97 Å². The van der Waals surface area contributed by atoms with Gasteiger partial charge in [0.05, 0.1) is 0 Å². The number of hydrogen-bond donors (Lipinski definition) is 1. The fraction of sp³-hybridized carbons (Fsp3) is 0.533. The van der Waals surface area contributed by atoms with Crippen LogP contribution in [-0.2, 0) is 4.79 Å². The van der Waals surface area contributed by atoms with Gasteiger partial charge in [-0.25, -0.2) is 0 Å². The number of carbonyl (C=O) groups is 1. The predicted molar refractivity (Wildman–Crippen MR) is 71.9 cm³/mol. The Balaban J connectivity index is 2.29. The van der Waals surface area contributed by atoms with Gasteiger partial charge in [0.2, 0.25) is 0 Å². The van der Waals surface area contributed by atoms with Gasteiger partial charge in [0, 0.05) is 12.5 Å². The molecule has 0 atom stereocenters. The highest BCUT2D eigenvalue weighted by atomic mass is 16.5. The lowest BCUT2D eigenvalue weighted by Crippen LogP contribution is -2.07. The van der Waals surface area contributed by atoms with Crippen LogP contribution < -0.4 is 4.74 Å². The van der Waals surface area contributed by atoms with Crippen LogP contribution in [0.5, 0.6) is 11.5 Å². The highest BCUT2D eigenvalue weighted by Gasteiger charge is 2.06. The second-order valence-corrected chi connectivity index (χ2v) is 4.59. The zero-order chi connectivity index (χ0) is 13.4. The van der Waals surface area contributed by atoms with Gasteiger partial charge in [0.15, 0.2) is 0 Å². The van der Waals surface area contributed by atoms with Crippen molar-refractivity contribution in [1.29, 1.82) is 0 Å². The van der Waals surface area contributed by atoms with E-state index in [4.69, 9.17) is 4.74 Å². The average molecular weight is 250 g/mol. The Morgan fingerprint density at radius 3 is 2.61 bits per heavy atom. The molecule has 1 N–H and O–H groups in total. The van der Waals surface area contributed by atoms with E-state index in [1.165, 1.54) is 25.3 Å². The molecule has 18 heavy (non-hydrogen) atoms. The number of unbranched alkanes of at least 4 members (excludes halogenated alkanes) is 4. The maximum Gasteiger partial charge on any atom is 0.311 e. The molecule has 3 nitrogen and oxygen atoms in total. The molecule has 0 aliphatic rings. The van der Waals surface area contributed by atoms with Crippen molar-refractivity contribution < 1.29 is 14.6 Å². The van der Waals surface area contributed by atoms with Crippen molar-refractivity contribution in [1.82, 2.24) is 0 Å². The van der Waals surface area contributed by atoms with Gasteiger partial charge in [-0.3, -0.25) is 4.79 Å². The first kappa shape index (κ1) is 14.6. The largest absolute Gasteiger partial charge is 0.508 e. The van der Waals surface area contributed by atoms with Crippen LogP contribution in [0.3, 0.4) is 0 Å². The van der Waals surface area contributed by atoms with Gasteiger partial charge in [-0.05, 0) is 25.0 Å². The molecule has 0 bridgehead atoms. The third kappa shape index (κ3) is 5.21. The number of aromatic hydroxyl groups is 1. The SMILES string of the molecule is CCCCCCCC(=O)Oc1ccc(C)c(O)c1. The van der Waals surface area contributed by atoms with E-state index < -0.39 is 0 Å². The molecule has 0 spiro atoms. The molecule has 100 valence electrons. The van der Waals surface area contributed by atoms with Crippen LogP contribution in [0.2, 0.25) is 0 Å². The minimum atomic E-state index is -0.227. The van der Waals surface area contributed by atoms with E-state index in [-0.39, 0.29) is 11.7 Å². The first-order valence-electron chi connectivity index (χ1n) is 6.63. The van der Waals surface area contributed by atoms with Crippen LogP contribution >= 0.6 is 0 Å². The first-order valence-corrected chi connectivity index (χ1v) is 6.63. The van der Waals surface area contributed by atoms with Gasteiger partial charge in [-0.2, -0.15) is 0 Å². The monoisotopic (exact) mass is 250 g/mol. The summed E-state index contributed by atoms with van der Waals surface area (Å²) >= 11 is 0. The zero-order valence-corrected chi connectivity index (χ0v) is 11.2. The summed E-state index contributed by atoms with van der Waals surface area (Å²) in [5.74, 6) is 0.342. The quantitative estimate of drug-likeness (QED) is 0.452. The summed E-state index contributed by atoms with van der Waals surface area (Å²) in [5.41, 5.74) is 0.773. The van der Waals surface area contributed by atoms with Gasteiger partial charge in [0.25, 0.3) is 0 Å². The van der Waals surface area contributed by atoms with Gasteiger partial charge in [-0.1, -0.05) is 38.7 Å². The van der Waals surface area contributed by atoms with Crippen LogP contribution in [0, 0.1) is 6.92 Å². The van der Waals surface area contributed by atoms with Crippen molar-refractivity contribution in [2.24, 2.45) is 0 Å². The highest BCUT2D eigenvalue weighted by molar-refractivity contribution is 5.72. The highest BCUT2D eigenvalue weighted by Crippen LogP contribution is 2.23. The number of carbonyl (C=O) groups excluding carboxylic acids is 1. The fourth-order valence-electron chi connectivity index (χ4n) is 1.71. The number of aryl methyl sites for hydroxylation is 1. The van der Waals surface area contributed by atoms with E-state index in [0.717, 1.165) is 18.4 Å². The topological polar surface area (TPSA) is 46.5 Å². The number of benzene rings is 1. The minimum Gasteiger partial charge on any atom is -0.508 e. The van der Waals surface area contributed by atoms with Crippen molar-refractivity contribution in [3.05, 3.63) is 23.8 Å². The summed E-state index contributed by atoms with van der Waals surface area (Å²) < 4.78 is 5.16. The molecule has 0 heterocycles. The van der Waals surface area contributed by atoms with Crippen molar-refractivity contribution in [2.45, 2.75) is 52.4 Å². The first-order chi connectivity index (χ1) is 8.63. The summed E-state index contributed by atoms with van der Waals surface area (Å²) in [6.45, 7) is 3.97. The minimum absolute atomic E-state index is 0.156. The molecular formula is C15H22O3. The molecule has 3 heteroatoms. The van der Waals surface area contributed by atoms with Crippen LogP contribution in [-0.4, -0.2) is 11.1 Å². The van der Waals surface area contributed by atoms with E-state index in [1.807, 2.05) is 0 Å². The summed E-state index contributed by atoms with van der Waals surface area (Å²) in [6.07, 6.45) is 5.99. The lowest BCUT2D eigenvalue weighted by Gasteiger charge is -2.06. The van der Waals surface area contributed by atoms with Crippen molar-refractivity contribution in [2.75, 3.05) is 0 Å².